The topological polar surface area (TPSA) is 29.9 Å². The van der Waals surface area contributed by atoms with Crippen LogP contribution in [-0.2, 0) is 6.54 Å². The van der Waals surface area contributed by atoms with Gasteiger partial charge in [0.2, 0.25) is 0 Å². The van der Waals surface area contributed by atoms with E-state index in [2.05, 4.69) is 41.8 Å². The normalized spacial score (nSPS) is 15.0. The third-order valence-corrected chi connectivity index (χ3v) is 3.21. The summed E-state index contributed by atoms with van der Waals surface area (Å²) < 4.78 is 2.27. The molecule has 0 radical (unpaired) electrons. The van der Waals surface area contributed by atoms with Crippen molar-refractivity contribution in [3.05, 3.63) is 18.2 Å². The molecule has 1 N–H and O–H groups in total. The van der Waals surface area contributed by atoms with Gasteiger partial charge < -0.3 is 9.88 Å². The fourth-order valence-corrected chi connectivity index (χ4v) is 1.98. The van der Waals surface area contributed by atoms with Crippen LogP contribution in [0.15, 0.2) is 12.4 Å². The van der Waals surface area contributed by atoms with E-state index in [1.54, 1.807) is 0 Å². The molecule has 0 aromatic carbocycles. The summed E-state index contributed by atoms with van der Waals surface area (Å²) in [6.07, 6.45) is 7.54. The Kier molecular flexibility index (Phi) is 5.53. The van der Waals surface area contributed by atoms with Crippen LogP contribution in [0.5, 0.6) is 0 Å². The van der Waals surface area contributed by atoms with Crippen LogP contribution in [0.2, 0.25) is 0 Å². The predicted molar refractivity (Wildman–Crippen MR) is 68.4 cm³/mol. The van der Waals surface area contributed by atoms with Crippen molar-refractivity contribution in [1.29, 1.82) is 0 Å². The van der Waals surface area contributed by atoms with Crippen molar-refractivity contribution in [1.82, 2.24) is 14.9 Å². The summed E-state index contributed by atoms with van der Waals surface area (Å²) in [5.41, 5.74) is 0. The van der Waals surface area contributed by atoms with Crippen LogP contribution in [0, 0.1) is 5.92 Å². The molecule has 0 aliphatic rings. The number of nitrogens with one attached hydrogen (secondary N) is 1. The van der Waals surface area contributed by atoms with Crippen LogP contribution in [-0.4, -0.2) is 16.6 Å². The van der Waals surface area contributed by atoms with Crippen molar-refractivity contribution in [2.75, 3.05) is 7.05 Å². The summed E-state index contributed by atoms with van der Waals surface area (Å²) in [6.45, 7) is 7.81. The third kappa shape index (κ3) is 3.34. The Morgan fingerprint density at radius 1 is 1.44 bits per heavy atom. The summed E-state index contributed by atoms with van der Waals surface area (Å²) in [7, 11) is 2.03. The van der Waals surface area contributed by atoms with Gasteiger partial charge in [-0.25, -0.2) is 4.98 Å². The molecule has 3 heteroatoms. The monoisotopic (exact) mass is 223 g/mol. The summed E-state index contributed by atoms with van der Waals surface area (Å²) in [5, 5.41) is 3.39. The zero-order valence-electron chi connectivity index (χ0n) is 11.0. The van der Waals surface area contributed by atoms with E-state index in [0.29, 0.717) is 6.04 Å². The molecule has 0 amide bonds. The van der Waals surface area contributed by atoms with E-state index in [4.69, 9.17) is 0 Å². The minimum absolute atomic E-state index is 0.386. The van der Waals surface area contributed by atoms with Crippen molar-refractivity contribution in [3.63, 3.8) is 0 Å². The molecule has 0 aliphatic carbocycles. The van der Waals surface area contributed by atoms with E-state index in [1.807, 2.05) is 13.2 Å². The van der Waals surface area contributed by atoms with Crippen LogP contribution in [0.3, 0.4) is 0 Å². The van der Waals surface area contributed by atoms with E-state index < -0.39 is 0 Å². The van der Waals surface area contributed by atoms with Gasteiger partial charge in [-0.05, 0) is 25.8 Å². The second-order valence-corrected chi connectivity index (χ2v) is 4.57. The van der Waals surface area contributed by atoms with Gasteiger partial charge in [-0.1, -0.05) is 27.2 Å². The average molecular weight is 223 g/mol. The van der Waals surface area contributed by atoms with Gasteiger partial charge in [0, 0.05) is 18.9 Å². The molecule has 2 atom stereocenters. The van der Waals surface area contributed by atoms with Crippen LogP contribution in [0.4, 0.5) is 0 Å². The van der Waals surface area contributed by atoms with Crippen molar-refractivity contribution >= 4 is 0 Å². The molecule has 0 aliphatic heterocycles. The maximum Gasteiger partial charge on any atom is 0.125 e. The lowest BCUT2D eigenvalue weighted by Crippen LogP contribution is -2.23. The van der Waals surface area contributed by atoms with Gasteiger partial charge in [-0.3, -0.25) is 0 Å². The van der Waals surface area contributed by atoms with Crippen LogP contribution < -0.4 is 5.32 Å². The lowest BCUT2D eigenvalue weighted by Gasteiger charge is -2.20. The Labute approximate surface area is 99.3 Å². The molecule has 2 unspecified atom stereocenters. The summed E-state index contributed by atoms with van der Waals surface area (Å²) in [4.78, 5) is 4.49. The Morgan fingerprint density at radius 2 is 2.19 bits per heavy atom. The van der Waals surface area contributed by atoms with Crippen molar-refractivity contribution in [2.45, 2.75) is 52.6 Å². The minimum atomic E-state index is 0.386. The fraction of sp³-hybridized carbons (Fsp3) is 0.769. The molecule has 3 nitrogen and oxygen atoms in total. The molecule has 1 aromatic rings. The summed E-state index contributed by atoms with van der Waals surface area (Å²) >= 11 is 0. The molecule has 16 heavy (non-hydrogen) atoms. The van der Waals surface area contributed by atoms with E-state index in [9.17, 15) is 0 Å². The zero-order chi connectivity index (χ0) is 12.0. The lowest BCUT2D eigenvalue weighted by molar-refractivity contribution is 0.397. The number of hydrogen-bond donors (Lipinski definition) is 1. The molecule has 92 valence electrons. The zero-order valence-corrected chi connectivity index (χ0v) is 11.0. The van der Waals surface area contributed by atoms with Gasteiger partial charge in [0.1, 0.15) is 5.82 Å². The smallest absolute Gasteiger partial charge is 0.125 e. The number of aromatic nitrogens is 2. The van der Waals surface area contributed by atoms with Gasteiger partial charge >= 0.3 is 0 Å². The average Bonchev–Trinajstić information content (AvgIpc) is 2.74. The highest BCUT2D eigenvalue weighted by Gasteiger charge is 2.17. The maximum absolute atomic E-state index is 4.49. The molecule has 1 aromatic heterocycles. The highest BCUT2D eigenvalue weighted by atomic mass is 15.1. The first-order chi connectivity index (χ1) is 7.72. The highest BCUT2D eigenvalue weighted by molar-refractivity contribution is 4.99. The standard InChI is InChI=1S/C13H25N3/c1-5-8-16-9-7-15-13(16)12(14-4)10-11(3)6-2/h7,9,11-12,14H,5-6,8,10H2,1-4H3. The number of nitrogens with zero attached hydrogens (tertiary/aromatic N) is 2. The molecule has 1 rings (SSSR count). The van der Waals surface area contributed by atoms with Gasteiger partial charge in [-0.2, -0.15) is 0 Å². The highest BCUT2D eigenvalue weighted by Crippen LogP contribution is 2.21. The van der Waals surface area contributed by atoms with Crippen molar-refractivity contribution in [3.8, 4) is 0 Å². The molecule has 0 fully saturated rings. The summed E-state index contributed by atoms with van der Waals surface area (Å²) in [6, 6.07) is 0.386. The number of hydrogen-bond acceptors (Lipinski definition) is 2. The number of rotatable bonds is 7. The van der Waals surface area contributed by atoms with Gasteiger partial charge in [-0.15, -0.1) is 0 Å². The van der Waals surface area contributed by atoms with Crippen molar-refractivity contribution in [2.24, 2.45) is 5.92 Å². The molecular formula is C13H25N3. The van der Waals surface area contributed by atoms with Crippen LogP contribution >= 0.6 is 0 Å². The molecule has 0 saturated carbocycles. The first-order valence-electron chi connectivity index (χ1n) is 6.41. The largest absolute Gasteiger partial charge is 0.334 e. The van der Waals surface area contributed by atoms with Gasteiger partial charge in [0.05, 0.1) is 6.04 Å². The minimum Gasteiger partial charge on any atom is -0.334 e. The quantitative estimate of drug-likeness (QED) is 0.770. The fourth-order valence-electron chi connectivity index (χ4n) is 1.98. The second kappa shape index (κ2) is 6.69. The molecule has 0 bridgehead atoms. The Bertz CT molecular complexity index is 293. The summed E-state index contributed by atoms with van der Waals surface area (Å²) in [5.74, 6) is 1.92. The molecule has 0 spiro atoms. The molecule has 0 saturated heterocycles. The van der Waals surface area contributed by atoms with Crippen LogP contribution in [0.25, 0.3) is 0 Å². The Hall–Kier alpha value is -0.830. The third-order valence-electron chi connectivity index (χ3n) is 3.21. The Morgan fingerprint density at radius 3 is 2.75 bits per heavy atom. The van der Waals surface area contributed by atoms with Gasteiger partial charge in [0.25, 0.3) is 0 Å². The van der Waals surface area contributed by atoms with E-state index >= 15 is 0 Å². The van der Waals surface area contributed by atoms with E-state index in [0.717, 1.165) is 25.3 Å². The SMILES string of the molecule is CCCn1ccnc1C(CC(C)CC)NC. The van der Waals surface area contributed by atoms with E-state index in [1.165, 1.54) is 12.2 Å². The number of aryl methyl sites for hydroxylation is 1. The first kappa shape index (κ1) is 13.2. The first-order valence-corrected chi connectivity index (χ1v) is 6.41. The van der Waals surface area contributed by atoms with Crippen LogP contribution in [0.1, 0.15) is 51.9 Å². The molecular weight excluding hydrogens is 198 g/mol. The number of imidazole rings is 1. The molecule has 1 heterocycles. The Balaban J connectivity index is 2.73. The van der Waals surface area contributed by atoms with Crippen molar-refractivity contribution < 1.29 is 0 Å². The van der Waals surface area contributed by atoms with Gasteiger partial charge in [0.15, 0.2) is 0 Å². The predicted octanol–water partition coefficient (Wildman–Crippen LogP) is 2.99. The lowest BCUT2D eigenvalue weighted by atomic mass is 9.99. The maximum atomic E-state index is 4.49. The second-order valence-electron chi connectivity index (χ2n) is 4.57. The van der Waals surface area contributed by atoms with E-state index in [-0.39, 0.29) is 0 Å².